The Kier molecular flexibility index (Phi) is 17.3. The van der Waals surface area contributed by atoms with E-state index >= 15 is 0 Å². The van der Waals surface area contributed by atoms with Gasteiger partial charge in [-0.1, -0.05) is 50.7 Å². The summed E-state index contributed by atoms with van der Waals surface area (Å²) in [5, 5.41) is 8.41. The molecule has 0 aromatic carbocycles. The SMILES string of the molecule is C=C[C@@]1(C)C[C@H](OC(=O)CSC2CC3CCC(C2)N3C)[C@@]2(C)C(C)CCC3(CCC(=O)C32)[C@H](C)[C@@H]1OC(=O)CCCOC(=O)C1=C(Sc2nc(-c3cc[n+](C)cc3)cs2)CSC2[C@H](NC(=O)/C(=N\OCC)c3nsc(N)n3)C(=O)N12. The Morgan fingerprint density at radius 3 is 2.50 bits per heavy atom. The molecule has 7 heterocycles. The van der Waals surface area contributed by atoms with Crippen LogP contribution >= 0.6 is 58.2 Å². The lowest BCUT2D eigenvalue weighted by Crippen LogP contribution is -2.71. The van der Waals surface area contributed by atoms with Gasteiger partial charge < -0.3 is 35.0 Å². The fourth-order valence-corrected chi connectivity index (χ4v) is 19.0. The molecule has 430 valence electrons. The lowest BCUT2D eigenvalue weighted by molar-refractivity contribution is -0.671. The van der Waals surface area contributed by atoms with Crippen LogP contribution in [0.15, 0.2) is 62.7 Å². The molecule has 3 N–H and O–H groups in total. The summed E-state index contributed by atoms with van der Waals surface area (Å²) in [6.45, 7) is 14.5. The molecule has 24 heteroatoms. The van der Waals surface area contributed by atoms with Gasteiger partial charge in [0.2, 0.25) is 11.5 Å². The molecule has 6 fully saturated rings. The number of β-lactam (4-membered cyclic amide) rings is 1. The summed E-state index contributed by atoms with van der Waals surface area (Å²) in [5.41, 5.74) is 5.28. The molecule has 10 rings (SSSR count). The first-order valence-corrected chi connectivity index (χ1v) is 32.3. The molecule has 3 aliphatic carbocycles. The quantitative estimate of drug-likeness (QED) is 0.0174. The average molecular weight is 1190 g/mol. The normalized spacial score (nSPS) is 32.9. The van der Waals surface area contributed by atoms with E-state index in [0.29, 0.717) is 45.8 Å². The molecule has 19 nitrogen and oxygen atoms in total. The molecule has 3 aromatic rings. The third kappa shape index (κ3) is 11.1. The van der Waals surface area contributed by atoms with Crippen LogP contribution in [0.25, 0.3) is 11.3 Å². The summed E-state index contributed by atoms with van der Waals surface area (Å²) in [6.07, 6.45) is 12.0. The number of carbonyl (C=O) groups excluding carboxylic acids is 6. The van der Waals surface area contributed by atoms with Crippen molar-refractivity contribution in [2.75, 3.05) is 37.5 Å². The van der Waals surface area contributed by atoms with E-state index in [1.54, 1.807) is 18.7 Å². The minimum absolute atomic E-state index is 0.0267. The second-order valence-electron chi connectivity index (χ2n) is 23.0. The Morgan fingerprint density at radius 2 is 1.80 bits per heavy atom. The van der Waals surface area contributed by atoms with Gasteiger partial charge in [-0.05, 0) is 83.1 Å². The van der Waals surface area contributed by atoms with Gasteiger partial charge in [-0.3, -0.25) is 28.9 Å². The number of fused-ring (bicyclic) bond motifs is 3. The Labute approximate surface area is 487 Å². The highest BCUT2D eigenvalue weighted by atomic mass is 32.2. The zero-order valence-corrected chi connectivity index (χ0v) is 50.5. The Bertz CT molecular complexity index is 2960. The molecule has 12 atom stereocenters. The highest BCUT2D eigenvalue weighted by molar-refractivity contribution is 8.07. The van der Waals surface area contributed by atoms with Gasteiger partial charge in [-0.15, -0.1) is 41.4 Å². The molecule has 7 aliphatic rings. The van der Waals surface area contributed by atoms with Crippen molar-refractivity contribution in [2.24, 2.45) is 46.2 Å². The van der Waals surface area contributed by atoms with Gasteiger partial charge in [0, 0.05) is 98.1 Å². The van der Waals surface area contributed by atoms with Crippen molar-refractivity contribution in [3.05, 3.63) is 59.0 Å². The predicted octanol–water partition coefficient (Wildman–Crippen LogP) is 7.35. The molecule has 6 unspecified atom stereocenters. The summed E-state index contributed by atoms with van der Waals surface area (Å²) in [6, 6.07) is 3.99. The second kappa shape index (κ2) is 23.8. The molecule has 0 spiro atoms. The van der Waals surface area contributed by atoms with Crippen LogP contribution in [0.3, 0.4) is 0 Å². The first kappa shape index (κ1) is 58.3. The van der Waals surface area contributed by atoms with E-state index in [1.807, 2.05) is 54.5 Å². The first-order chi connectivity index (χ1) is 38.3. The van der Waals surface area contributed by atoms with Crippen molar-refractivity contribution < 1.29 is 52.4 Å². The van der Waals surface area contributed by atoms with Crippen molar-refractivity contribution >= 4 is 105 Å². The number of nitrogens with two attached hydrogens (primary N) is 1. The van der Waals surface area contributed by atoms with Crippen molar-refractivity contribution in [1.82, 2.24) is 29.5 Å². The molecule has 0 radical (unpaired) electrons. The number of carbonyl (C=O) groups is 6. The van der Waals surface area contributed by atoms with E-state index < -0.39 is 63.6 Å². The number of oxime groups is 1. The maximum Gasteiger partial charge on any atom is 0.355 e. The van der Waals surface area contributed by atoms with Crippen molar-refractivity contribution in [2.45, 2.75) is 151 Å². The lowest BCUT2D eigenvalue weighted by atomic mass is 9.44. The van der Waals surface area contributed by atoms with Crippen molar-refractivity contribution in [3.8, 4) is 11.3 Å². The number of aromatic nitrogens is 4. The number of thioether (sulfide) groups is 3. The van der Waals surface area contributed by atoms with Crippen LogP contribution in [0, 0.1) is 34.0 Å². The van der Waals surface area contributed by atoms with E-state index in [-0.39, 0.29) is 89.4 Å². The van der Waals surface area contributed by atoms with E-state index in [2.05, 4.69) is 59.1 Å². The fraction of sp³-hybridized carbons (Fsp3) is 0.625. The average Bonchev–Trinajstić information content (AvgIpc) is 4.26. The highest BCUT2D eigenvalue weighted by Crippen LogP contribution is 2.68. The monoisotopic (exact) mass is 1190 g/mol. The van der Waals surface area contributed by atoms with Crippen LogP contribution in [0.4, 0.5) is 5.13 Å². The van der Waals surface area contributed by atoms with Gasteiger partial charge in [0.15, 0.2) is 21.9 Å². The number of hydrogen-bond donors (Lipinski definition) is 2. The number of pyridine rings is 1. The number of ketones is 1. The molecule has 3 saturated heterocycles. The van der Waals surface area contributed by atoms with Crippen LogP contribution in [-0.2, 0) is 54.9 Å². The number of anilines is 1. The summed E-state index contributed by atoms with van der Waals surface area (Å²) in [4.78, 5) is 103. The Hall–Kier alpha value is -4.88. The van der Waals surface area contributed by atoms with Gasteiger partial charge in [0.1, 0.15) is 48.8 Å². The third-order valence-corrected chi connectivity index (χ3v) is 23.9. The molecule has 2 amide bonds. The minimum Gasteiger partial charge on any atom is -0.461 e. The number of nitrogens with zero attached hydrogens (tertiary/aromatic N) is 7. The van der Waals surface area contributed by atoms with Gasteiger partial charge in [-0.25, -0.2) is 14.3 Å². The number of piperidine rings is 1. The largest absolute Gasteiger partial charge is 0.461 e. The van der Waals surface area contributed by atoms with Gasteiger partial charge in [0.25, 0.3) is 11.8 Å². The van der Waals surface area contributed by atoms with Crippen molar-refractivity contribution in [3.63, 3.8) is 0 Å². The van der Waals surface area contributed by atoms with Gasteiger partial charge in [-0.2, -0.15) is 9.36 Å². The number of aryl methyl sites for hydroxylation is 1. The molecular formula is C56H72N9O10S5+. The molecule has 4 aliphatic heterocycles. The first-order valence-electron chi connectivity index (χ1n) is 27.7. The standard InChI is InChI=1S/C56H71N9O10S5/c1-9-54(5)26-39(74-41(68)29-76-35-24-33-13-14-34(25-35)64(33)8)55(6)30(3)15-19-56(20-16-37(66)45(55)56)31(4)46(54)75-40(67)12-11-23-72-51(71)44-38(79-53-58-36(27-78-53)32-17-21-63(7)22-18-32)28-77-50-43(49(70)65(44)50)59-48(69)42(61-73-10-2)47-60-52(57)80-62-47/h9,17-18,21-22,27,30-31,33-35,39,43,45-46,50H,1,10-16,19-20,23-26,28-29H2,2-8H3,(H2-,57,59,60,62,69)/p+1/b61-42-/t30?,31-,33?,34?,35?,39+,43-,45?,46+,50?,54+,55-,56?/m1/s1. The summed E-state index contributed by atoms with van der Waals surface area (Å²) in [7, 11) is 4.15. The molecule has 4 bridgehead atoms. The third-order valence-electron chi connectivity index (χ3n) is 18.6. The number of thiazole rings is 1. The molecular weight excluding hydrogens is 1120 g/mol. The summed E-state index contributed by atoms with van der Waals surface area (Å²) < 4.78 is 25.9. The Morgan fingerprint density at radius 1 is 1.05 bits per heavy atom. The molecule has 80 heavy (non-hydrogen) atoms. The van der Waals surface area contributed by atoms with Crippen LogP contribution < -0.4 is 15.6 Å². The maximum atomic E-state index is 14.4. The number of hydrogen-bond acceptors (Lipinski definition) is 21. The number of amides is 2. The maximum absolute atomic E-state index is 14.4. The highest BCUT2D eigenvalue weighted by Gasteiger charge is 2.69. The topological polar surface area (TPSA) is 239 Å². The Balaban J connectivity index is 0.832. The number of rotatable bonds is 19. The van der Waals surface area contributed by atoms with Crippen LogP contribution in [0.5, 0.6) is 0 Å². The van der Waals surface area contributed by atoms with Crippen LogP contribution in [-0.4, -0.2) is 138 Å². The summed E-state index contributed by atoms with van der Waals surface area (Å²) >= 11 is 6.62. The number of nitrogens with one attached hydrogen (secondary N) is 1. The van der Waals surface area contributed by atoms with E-state index in [4.69, 9.17) is 29.8 Å². The molecule has 3 aromatic heterocycles. The van der Waals surface area contributed by atoms with Gasteiger partial charge >= 0.3 is 17.9 Å². The minimum atomic E-state index is -1.05. The summed E-state index contributed by atoms with van der Waals surface area (Å²) in [5.74, 6) is -2.70. The van der Waals surface area contributed by atoms with E-state index in [1.165, 1.54) is 52.6 Å². The number of Topliss-reactive ketones (excluding diaryl/α,β-unsaturated/α-hetero) is 1. The molecule has 3 saturated carbocycles. The number of ether oxygens (including phenoxy) is 3. The smallest absolute Gasteiger partial charge is 0.355 e. The van der Waals surface area contributed by atoms with E-state index in [9.17, 15) is 28.8 Å². The predicted molar refractivity (Wildman–Crippen MR) is 308 cm³/mol. The number of esters is 3. The van der Waals surface area contributed by atoms with Crippen molar-refractivity contribution in [1.29, 1.82) is 0 Å². The number of nitrogen functional groups attached to an aromatic ring is 1. The zero-order chi connectivity index (χ0) is 56.8. The van der Waals surface area contributed by atoms with E-state index in [0.717, 1.165) is 48.5 Å². The second-order valence-corrected chi connectivity index (χ2v) is 28.4. The fourth-order valence-electron chi connectivity index (χ4n) is 14.0. The van der Waals surface area contributed by atoms with Crippen LogP contribution in [0.1, 0.15) is 111 Å². The zero-order valence-electron chi connectivity index (χ0n) is 46.4. The lowest BCUT2D eigenvalue weighted by Gasteiger charge is -2.62. The van der Waals surface area contributed by atoms with Gasteiger partial charge in [0.05, 0.1) is 18.1 Å². The van der Waals surface area contributed by atoms with Crippen LogP contribution in [0.2, 0.25) is 0 Å².